The van der Waals surface area contributed by atoms with E-state index in [9.17, 15) is 8.78 Å². The van der Waals surface area contributed by atoms with Crippen LogP contribution in [0.3, 0.4) is 0 Å². The van der Waals surface area contributed by atoms with Gasteiger partial charge in [-0.25, -0.2) is 8.78 Å². The molecule has 2 nitrogen and oxygen atoms in total. The molecular weight excluding hydrogens is 186 g/mol. The zero-order valence-electron chi connectivity index (χ0n) is 9.01. The average molecular weight is 208 g/mol. The van der Waals surface area contributed by atoms with Crippen LogP contribution >= 0.6 is 0 Å². The summed E-state index contributed by atoms with van der Waals surface area (Å²) in [4.78, 5) is 1.75. The summed E-state index contributed by atoms with van der Waals surface area (Å²) < 4.78 is 24.2. The Morgan fingerprint density at radius 2 is 1.86 bits per heavy atom. The highest BCUT2D eigenvalue weighted by Gasteiger charge is 2.10. The minimum absolute atomic E-state index is 0.136. The standard InChI is InChI=1S/C10H22F2N2/c1-2-3-4-5-7-14(8-6-13)9-10(11)12/h10H,2-9,13H2,1H3. The summed E-state index contributed by atoms with van der Waals surface area (Å²) in [6, 6.07) is 0. The van der Waals surface area contributed by atoms with Crippen LogP contribution in [-0.4, -0.2) is 37.5 Å². The van der Waals surface area contributed by atoms with E-state index in [2.05, 4.69) is 6.92 Å². The molecule has 0 saturated carbocycles. The summed E-state index contributed by atoms with van der Waals surface area (Å²) >= 11 is 0. The second-order valence-corrected chi connectivity index (χ2v) is 3.54. The predicted molar refractivity (Wildman–Crippen MR) is 55.6 cm³/mol. The van der Waals surface area contributed by atoms with Crippen LogP contribution < -0.4 is 5.73 Å². The van der Waals surface area contributed by atoms with Crippen LogP contribution in [0.1, 0.15) is 32.6 Å². The molecule has 0 unspecified atom stereocenters. The predicted octanol–water partition coefficient (Wildman–Crippen LogP) is 2.09. The number of hydrogen-bond acceptors (Lipinski definition) is 2. The molecule has 0 aromatic carbocycles. The van der Waals surface area contributed by atoms with E-state index < -0.39 is 6.43 Å². The number of rotatable bonds is 9. The molecular formula is C10H22F2N2. The van der Waals surface area contributed by atoms with E-state index in [-0.39, 0.29) is 6.54 Å². The van der Waals surface area contributed by atoms with Crippen LogP contribution in [0.2, 0.25) is 0 Å². The maximum absolute atomic E-state index is 12.1. The molecule has 0 bridgehead atoms. The Kier molecular flexibility index (Phi) is 9.19. The fourth-order valence-corrected chi connectivity index (χ4v) is 1.43. The number of hydrogen-bond donors (Lipinski definition) is 1. The van der Waals surface area contributed by atoms with Gasteiger partial charge < -0.3 is 5.73 Å². The molecule has 0 rings (SSSR count). The Morgan fingerprint density at radius 1 is 1.14 bits per heavy atom. The molecule has 0 saturated heterocycles. The monoisotopic (exact) mass is 208 g/mol. The Balaban J connectivity index is 3.51. The number of halogens is 2. The van der Waals surface area contributed by atoms with E-state index >= 15 is 0 Å². The highest BCUT2D eigenvalue weighted by Crippen LogP contribution is 2.03. The largest absolute Gasteiger partial charge is 0.329 e. The molecule has 0 aromatic heterocycles. The van der Waals surface area contributed by atoms with Gasteiger partial charge in [0.25, 0.3) is 6.43 Å². The van der Waals surface area contributed by atoms with Crippen molar-refractivity contribution in [2.24, 2.45) is 5.73 Å². The molecule has 4 heteroatoms. The van der Waals surface area contributed by atoms with Gasteiger partial charge in [-0.3, -0.25) is 4.90 Å². The van der Waals surface area contributed by atoms with Crippen molar-refractivity contribution >= 4 is 0 Å². The summed E-state index contributed by atoms with van der Waals surface area (Å²) in [5, 5.41) is 0. The Labute approximate surface area is 85.5 Å². The first-order chi connectivity index (χ1) is 6.70. The molecule has 2 N–H and O–H groups in total. The van der Waals surface area contributed by atoms with Crippen LogP contribution in [0, 0.1) is 0 Å². The molecule has 0 amide bonds. The average Bonchev–Trinajstić information content (AvgIpc) is 2.12. The molecule has 0 radical (unpaired) electrons. The van der Waals surface area contributed by atoms with Gasteiger partial charge in [0.2, 0.25) is 0 Å². The van der Waals surface area contributed by atoms with Crippen molar-refractivity contribution in [2.75, 3.05) is 26.2 Å². The van der Waals surface area contributed by atoms with Gasteiger partial charge in [0, 0.05) is 13.1 Å². The Hall–Kier alpha value is -0.220. The molecule has 0 aliphatic carbocycles. The van der Waals surface area contributed by atoms with Crippen molar-refractivity contribution < 1.29 is 8.78 Å². The molecule has 0 heterocycles. The Bertz CT molecular complexity index is 121. The fourth-order valence-electron chi connectivity index (χ4n) is 1.43. The maximum atomic E-state index is 12.1. The quantitative estimate of drug-likeness (QED) is 0.588. The van der Waals surface area contributed by atoms with Crippen LogP contribution in [0.5, 0.6) is 0 Å². The lowest BCUT2D eigenvalue weighted by atomic mass is 10.2. The lowest BCUT2D eigenvalue weighted by Crippen LogP contribution is -2.34. The second-order valence-electron chi connectivity index (χ2n) is 3.54. The first kappa shape index (κ1) is 13.8. The summed E-state index contributed by atoms with van der Waals surface area (Å²) in [5.74, 6) is 0. The molecule has 0 aromatic rings. The van der Waals surface area contributed by atoms with Crippen LogP contribution in [0.25, 0.3) is 0 Å². The molecule has 14 heavy (non-hydrogen) atoms. The van der Waals surface area contributed by atoms with Crippen molar-refractivity contribution in [3.63, 3.8) is 0 Å². The second kappa shape index (κ2) is 9.34. The fraction of sp³-hybridized carbons (Fsp3) is 1.00. The topological polar surface area (TPSA) is 29.3 Å². The van der Waals surface area contributed by atoms with Gasteiger partial charge in [-0.2, -0.15) is 0 Å². The van der Waals surface area contributed by atoms with Crippen molar-refractivity contribution in [3.8, 4) is 0 Å². The molecule has 86 valence electrons. The van der Waals surface area contributed by atoms with Crippen molar-refractivity contribution in [2.45, 2.75) is 39.0 Å². The summed E-state index contributed by atoms with van der Waals surface area (Å²) in [6.45, 7) is 3.79. The van der Waals surface area contributed by atoms with E-state index in [4.69, 9.17) is 5.73 Å². The normalized spacial score (nSPS) is 11.6. The van der Waals surface area contributed by atoms with Crippen molar-refractivity contribution in [1.82, 2.24) is 4.90 Å². The lowest BCUT2D eigenvalue weighted by Gasteiger charge is -2.20. The maximum Gasteiger partial charge on any atom is 0.251 e. The van der Waals surface area contributed by atoms with Gasteiger partial charge in [0.15, 0.2) is 0 Å². The van der Waals surface area contributed by atoms with E-state index in [0.717, 1.165) is 19.4 Å². The molecule has 0 aliphatic heterocycles. The lowest BCUT2D eigenvalue weighted by molar-refractivity contribution is 0.0887. The summed E-state index contributed by atoms with van der Waals surface area (Å²) in [5.41, 5.74) is 5.35. The van der Waals surface area contributed by atoms with E-state index in [1.54, 1.807) is 4.90 Å². The van der Waals surface area contributed by atoms with E-state index in [1.807, 2.05) is 0 Å². The van der Waals surface area contributed by atoms with E-state index in [1.165, 1.54) is 12.8 Å². The van der Waals surface area contributed by atoms with Gasteiger partial charge in [-0.15, -0.1) is 0 Å². The molecule has 0 aliphatic rings. The molecule has 0 spiro atoms. The zero-order chi connectivity index (χ0) is 10.8. The van der Waals surface area contributed by atoms with Gasteiger partial charge in [0.1, 0.15) is 0 Å². The van der Waals surface area contributed by atoms with Gasteiger partial charge in [0.05, 0.1) is 6.54 Å². The zero-order valence-corrected chi connectivity index (χ0v) is 9.01. The molecule has 0 fully saturated rings. The summed E-state index contributed by atoms with van der Waals surface area (Å²) in [6.07, 6.45) is 2.24. The van der Waals surface area contributed by atoms with Gasteiger partial charge in [-0.1, -0.05) is 26.2 Å². The third kappa shape index (κ3) is 8.38. The molecule has 0 atom stereocenters. The minimum atomic E-state index is -2.24. The first-order valence-corrected chi connectivity index (χ1v) is 5.41. The summed E-state index contributed by atoms with van der Waals surface area (Å²) in [7, 11) is 0. The minimum Gasteiger partial charge on any atom is -0.329 e. The number of nitrogens with two attached hydrogens (primary N) is 1. The Morgan fingerprint density at radius 3 is 2.36 bits per heavy atom. The highest BCUT2D eigenvalue weighted by atomic mass is 19.3. The number of unbranched alkanes of at least 4 members (excludes halogenated alkanes) is 3. The first-order valence-electron chi connectivity index (χ1n) is 5.41. The van der Waals surface area contributed by atoms with Crippen LogP contribution in [0.15, 0.2) is 0 Å². The van der Waals surface area contributed by atoms with Gasteiger partial charge >= 0.3 is 0 Å². The highest BCUT2D eigenvalue weighted by molar-refractivity contribution is 4.59. The van der Waals surface area contributed by atoms with E-state index in [0.29, 0.717) is 13.1 Å². The van der Waals surface area contributed by atoms with Crippen molar-refractivity contribution in [3.05, 3.63) is 0 Å². The third-order valence-electron chi connectivity index (χ3n) is 2.17. The van der Waals surface area contributed by atoms with Crippen LogP contribution in [-0.2, 0) is 0 Å². The van der Waals surface area contributed by atoms with Crippen molar-refractivity contribution in [1.29, 1.82) is 0 Å². The third-order valence-corrected chi connectivity index (χ3v) is 2.17. The number of alkyl halides is 2. The number of nitrogens with zero attached hydrogens (tertiary/aromatic N) is 1. The smallest absolute Gasteiger partial charge is 0.251 e. The van der Waals surface area contributed by atoms with Gasteiger partial charge in [-0.05, 0) is 13.0 Å². The van der Waals surface area contributed by atoms with Crippen LogP contribution in [0.4, 0.5) is 8.78 Å². The SMILES string of the molecule is CCCCCCN(CCN)CC(F)F.